The smallest absolute Gasteiger partial charge is 0.290 e. The number of rotatable bonds is 3. The zero-order chi connectivity index (χ0) is 20.9. The van der Waals surface area contributed by atoms with Crippen molar-refractivity contribution in [3.8, 4) is 0 Å². The summed E-state index contributed by atoms with van der Waals surface area (Å²) in [5.74, 6) is 1.30. The fourth-order valence-corrected chi connectivity index (χ4v) is 5.14. The average molecular weight is 396 g/mol. The molecule has 0 aromatic rings. The summed E-state index contributed by atoms with van der Waals surface area (Å²) in [6.45, 7) is 11.5. The Kier molecular flexibility index (Phi) is 7.48. The van der Waals surface area contributed by atoms with Crippen molar-refractivity contribution in [1.29, 1.82) is 0 Å². The van der Waals surface area contributed by atoms with Crippen LogP contribution in [0.25, 0.3) is 0 Å². The molecular formula is C21H37N3O4. The van der Waals surface area contributed by atoms with Crippen LogP contribution in [0.5, 0.6) is 0 Å². The minimum Gasteiger partial charge on any atom is -0.483 e. The molecule has 0 bridgehead atoms. The molecule has 160 valence electrons. The number of carbonyl (C=O) groups is 3. The number of piperazine rings is 1. The van der Waals surface area contributed by atoms with Gasteiger partial charge in [0.25, 0.3) is 6.47 Å². The van der Waals surface area contributed by atoms with E-state index in [1.807, 2.05) is 9.80 Å². The van der Waals surface area contributed by atoms with E-state index < -0.39 is 0 Å². The lowest BCUT2D eigenvalue weighted by Crippen LogP contribution is -2.58. The fourth-order valence-electron chi connectivity index (χ4n) is 5.14. The zero-order valence-corrected chi connectivity index (χ0v) is 17.9. The van der Waals surface area contributed by atoms with Gasteiger partial charge < -0.3 is 20.2 Å². The van der Waals surface area contributed by atoms with Crippen molar-refractivity contribution in [2.75, 3.05) is 26.2 Å². The molecule has 0 atom stereocenters. The van der Waals surface area contributed by atoms with E-state index >= 15 is 0 Å². The molecule has 0 aromatic heterocycles. The Bertz CT molecular complexity index is 548. The van der Waals surface area contributed by atoms with Crippen LogP contribution in [-0.2, 0) is 14.4 Å². The molecule has 3 fully saturated rings. The molecule has 3 aliphatic rings. The lowest BCUT2D eigenvalue weighted by molar-refractivity contribution is -0.144. The van der Waals surface area contributed by atoms with Crippen molar-refractivity contribution < 1.29 is 19.5 Å². The molecular weight excluding hydrogens is 358 g/mol. The summed E-state index contributed by atoms with van der Waals surface area (Å²) >= 11 is 0. The first-order valence-electron chi connectivity index (χ1n) is 10.5. The van der Waals surface area contributed by atoms with Crippen LogP contribution in [0.2, 0.25) is 0 Å². The van der Waals surface area contributed by atoms with Gasteiger partial charge in [0.15, 0.2) is 0 Å². The van der Waals surface area contributed by atoms with Gasteiger partial charge in [0.2, 0.25) is 11.8 Å². The van der Waals surface area contributed by atoms with Gasteiger partial charge in [0.1, 0.15) is 0 Å². The quantitative estimate of drug-likeness (QED) is 0.715. The molecule has 1 saturated carbocycles. The van der Waals surface area contributed by atoms with Crippen LogP contribution in [0.4, 0.5) is 0 Å². The summed E-state index contributed by atoms with van der Waals surface area (Å²) in [6.07, 6.45) is 6.03. The first-order chi connectivity index (χ1) is 13.1. The second-order valence-electron chi connectivity index (χ2n) is 9.81. The van der Waals surface area contributed by atoms with Crippen LogP contribution in [0, 0.1) is 11.8 Å². The maximum atomic E-state index is 12.8. The Morgan fingerprint density at radius 2 is 1.46 bits per heavy atom. The second kappa shape index (κ2) is 9.25. The Morgan fingerprint density at radius 1 is 1.00 bits per heavy atom. The van der Waals surface area contributed by atoms with Gasteiger partial charge in [0, 0.05) is 49.6 Å². The predicted octanol–water partition coefficient (Wildman–Crippen LogP) is 2.11. The highest BCUT2D eigenvalue weighted by molar-refractivity contribution is 5.80. The third-order valence-electron chi connectivity index (χ3n) is 6.14. The van der Waals surface area contributed by atoms with Crippen molar-refractivity contribution in [1.82, 2.24) is 15.1 Å². The molecule has 0 unspecified atom stereocenters. The van der Waals surface area contributed by atoms with Crippen molar-refractivity contribution in [3.05, 3.63) is 0 Å². The molecule has 3 rings (SSSR count). The Balaban J connectivity index is 0.000000878. The third kappa shape index (κ3) is 6.19. The monoisotopic (exact) mass is 395 g/mol. The lowest BCUT2D eigenvalue weighted by Gasteiger charge is -2.47. The van der Waals surface area contributed by atoms with Gasteiger partial charge in [-0.2, -0.15) is 0 Å². The molecule has 0 radical (unpaired) electrons. The molecule has 0 aromatic carbocycles. The van der Waals surface area contributed by atoms with Gasteiger partial charge in [-0.3, -0.25) is 14.4 Å². The second-order valence-corrected chi connectivity index (χ2v) is 9.81. The number of hydrogen-bond acceptors (Lipinski definition) is 4. The minimum atomic E-state index is -0.250. The first-order valence-corrected chi connectivity index (χ1v) is 10.5. The van der Waals surface area contributed by atoms with Crippen LogP contribution in [-0.4, -0.2) is 70.4 Å². The molecule has 2 heterocycles. The number of amides is 2. The average Bonchev–Trinajstić information content (AvgIpc) is 2.51. The summed E-state index contributed by atoms with van der Waals surface area (Å²) in [4.78, 5) is 37.4. The molecule has 28 heavy (non-hydrogen) atoms. The topological polar surface area (TPSA) is 90.0 Å². The number of piperidine rings is 1. The molecule has 2 N–H and O–H groups in total. The van der Waals surface area contributed by atoms with E-state index in [0.717, 1.165) is 25.7 Å². The van der Waals surface area contributed by atoms with E-state index in [1.54, 1.807) is 0 Å². The standard InChI is InChI=1S/C20H35N3O2.CH2O2/c1-19(2)13-15(14-20(3,4)21-19)12-17(24)22-8-10-23(11-9-22)18(25)16-6-5-7-16;2-1-3/h15-16,21H,5-14H2,1-4H3;1H,(H,2,3). The van der Waals surface area contributed by atoms with Crippen LogP contribution >= 0.6 is 0 Å². The number of carboxylic acid groups (broad SMARTS) is 1. The molecule has 7 heteroatoms. The predicted molar refractivity (Wildman–Crippen MR) is 108 cm³/mol. The minimum absolute atomic E-state index is 0.0839. The third-order valence-corrected chi connectivity index (χ3v) is 6.14. The van der Waals surface area contributed by atoms with Gasteiger partial charge >= 0.3 is 0 Å². The van der Waals surface area contributed by atoms with Crippen molar-refractivity contribution >= 4 is 18.3 Å². The lowest BCUT2D eigenvalue weighted by atomic mass is 9.74. The number of nitrogens with zero attached hydrogens (tertiary/aromatic N) is 2. The molecule has 2 aliphatic heterocycles. The highest BCUT2D eigenvalue weighted by Gasteiger charge is 2.39. The van der Waals surface area contributed by atoms with Gasteiger partial charge in [-0.1, -0.05) is 6.42 Å². The largest absolute Gasteiger partial charge is 0.483 e. The number of hydrogen-bond donors (Lipinski definition) is 2. The van der Waals surface area contributed by atoms with Crippen LogP contribution < -0.4 is 5.32 Å². The maximum Gasteiger partial charge on any atom is 0.290 e. The van der Waals surface area contributed by atoms with Gasteiger partial charge in [-0.05, 0) is 59.3 Å². The molecule has 7 nitrogen and oxygen atoms in total. The molecule has 0 spiro atoms. The van der Waals surface area contributed by atoms with E-state index in [1.165, 1.54) is 6.42 Å². The van der Waals surface area contributed by atoms with Crippen molar-refractivity contribution in [2.24, 2.45) is 11.8 Å². The van der Waals surface area contributed by atoms with Crippen molar-refractivity contribution in [3.63, 3.8) is 0 Å². The first kappa shape index (κ1) is 22.7. The summed E-state index contributed by atoms with van der Waals surface area (Å²) in [5, 5.41) is 10.6. The fraction of sp³-hybridized carbons (Fsp3) is 0.857. The van der Waals surface area contributed by atoms with Crippen LogP contribution in [0.1, 0.15) is 66.2 Å². The normalized spacial score (nSPS) is 24.6. The summed E-state index contributed by atoms with van der Waals surface area (Å²) in [5.41, 5.74) is 0.168. The molecule has 1 aliphatic carbocycles. The Morgan fingerprint density at radius 3 is 1.89 bits per heavy atom. The van der Waals surface area contributed by atoms with Gasteiger partial charge in [-0.25, -0.2) is 0 Å². The molecule has 2 amide bonds. The Labute approximate surface area is 168 Å². The van der Waals surface area contributed by atoms with Crippen LogP contribution in [0.3, 0.4) is 0 Å². The van der Waals surface area contributed by atoms with Crippen molar-refractivity contribution in [2.45, 2.75) is 77.3 Å². The highest BCUT2D eigenvalue weighted by atomic mass is 16.3. The van der Waals surface area contributed by atoms with E-state index in [9.17, 15) is 9.59 Å². The SMILES string of the molecule is CC1(C)CC(CC(=O)N2CCN(C(=O)C3CCC3)CC2)CC(C)(C)N1.O=CO. The summed E-state index contributed by atoms with van der Waals surface area (Å²) in [6, 6.07) is 0. The summed E-state index contributed by atoms with van der Waals surface area (Å²) < 4.78 is 0. The Hall–Kier alpha value is -1.63. The number of nitrogens with one attached hydrogen (secondary N) is 1. The maximum absolute atomic E-state index is 12.8. The van der Waals surface area contributed by atoms with E-state index in [4.69, 9.17) is 9.90 Å². The van der Waals surface area contributed by atoms with E-state index in [0.29, 0.717) is 44.4 Å². The highest BCUT2D eigenvalue weighted by Crippen LogP contribution is 2.35. The van der Waals surface area contributed by atoms with Gasteiger partial charge in [0.05, 0.1) is 0 Å². The molecule has 2 saturated heterocycles. The summed E-state index contributed by atoms with van der Waals surface area (Å²) in [7, 11) is 0. The zero-order valence-electron chi connectivity index (χ0n) is 17.9. The van der Waals surface area contributed by atoms with E-state index in [-0.39, 0.29) is 29.4 Å². The van der Waals surface area contributed by atoms with E-state index in [2.05, 4.69) is 33.0 Å². The number of carbonyl (C=O) groups excluding carboxylic acids is 2. The van der Waals surface area contributed by atoms with Crippen LogP contribution in [0.15, 0.2) is 0 Å². The van der Waals surface area contributed by atoms with Gasteiger partial charge in [-0.15, -0.1) is 0 Å².